The van der Waals surface area contributed by atoms with Crippen molar-refractivity contribution in [2.24, 2.45) is 0 Å². The summed E-state index contributed by atoms with van der Waals surface area (Å²) in [6.45, 7) is 0.912. The summed E-state index contributed by atoms with van der Waals surface area (Å²) < 4.78 is 41.1. The first-order chi connectivity index (χ1) is 6.41. The SMILES string of the molecule is CC(=O)O[C@@H](c1cnc[nH]1)C(F)(F)F. The number of imidazole rings is 1. The van der Waals surface area contributed by atoms with Gasteiger partial charge < -0.3 is 9.72 Å². The Morgan fingerprint density at radius 3 is 2.64 bits per heavy atom. The van der Waals surface area contributed by atoms with Crippen LogP contribution < -0.4 is 0 Å². The van der Waals surface area contributed by atoms with Gasteiger partial charge in [-0.2, -0.15) is 13.2 Å². The molecule has 1 N–H and O–H groups in total. The molecule has 0 aliphatic rings. The van der Waals surface area contributed by atoms with Gasteiger partial charge in [-0.1, -0.05) is 0 Å². The van der Waals surface area contributed by atoms with Gasteiger partial charge in [-0.25, -0.2) is 4.98 Å². The lowest BCUT2D eigenvalue weighted by molar-refractivity contribution is -0.223. The van der Waals surface area contributed by atoms with Crippen molar-refractivity contribution in [3.63, 3.8) is 0 Å². The molecule has 0 aliphatic carbocycles. The molecule has 1 aromatic heterocycles. The number of carbonyl (C=O) groups is 1. The van der Waals surface area contributed by atoms with Gasteiger partial charge in [0.2, 0.25) is 6.10 Å². The maximum absolute atomic E-state index is 12.3. The molecule has 0 aliphatic heterocycles. The van der Waals surface area contributed by atoms with Crippen LogP contribution in [0.3, 0.4) is 0 Å². The number of H-pyrrole nitrogens is 1. The van der Waals surface area contributed by atoms with Gasteiger partial charge in [0, 0.05) is 6.92 Å². The highest BCUT2D eigenvalue weighted by Crippen LogP contribution is 2.34. The van der Waals surface area contributed by atoms with Crippen LogP contribution in [0, 0.1) is 0 Å². The molecular formula is C7H7F3N2O2. The Balaban J connectivity index is 2.89. The Morgan fingerprint density at radius 1 is 1.64 bits per heavy atom. The fourth-order valence-electron chi connectivity index (χ4n) is 0.883. The molecule has 1 heterocycles. The maximum atomic E-state index is 12.3. The number of nitrogens with one attached hydrogen (secondary N) is 1. The summed E-state index contributed by atoms with van der Waals surface area (Å²) in [6.07, 6.45) is -4.88. The molecule has 0 amide bonds. The van der Waals surface area contributed by atoms with Crippen molar-refractivity contribution in [3.05, 3.63) is 18.2 Å². The molecular weight excluding hydrogens is 201 g/mol. The number of alkyl halides is 3. The highest BCUT2D eigenvalue weighted by Gasteiger charge is 2.44. The molecule has 1 atom stereocenters. The number of aromatic amines is 1. The van der Waals surface area contributed by atoms with E-state index in [-0.39, 0.29) is 5.69 Å². The molecule has 0 spiro atoms. The Kier molecular flexibility index (Phi) is 2.78. The molecule has 1 aromatic rings. The molecule has 7 heteroatoms. The standard InChI is InChI=1S/C7H7F3N2O2/c1-4(13)14-6(7(8,9)10)5-2-11-3-12-5/h2-3,6H,1H3,(H,11,12)/t6-/m0/s1. The van der Waals surface area contributed by atoms with Crippen molar-refractivity contribution >= 4 is 5.97 Å². The Bertz CT molecular complexity index is 307. The molecule has 0 radical (unpaired) electrons. The van der Waals surface area contributed by atoms with Crippen LogP contribution in [-0.4, -0.2) is 22.1 Å². The van der Waals surface area contributed by atoms with Gasteiger partial charge >= 0.3 is 12.1 Å². The number of halogens is 3. The van der Waals surface area contributed by atoms with Gasteiger partial charge in [-0.15, -0.1) is 0 Å². The van der Waals surface area contributed by atoms with Crippen molar-refractivity contribution in [2.45, 2.75) is 19.2 Å². The van der Waals surface area contributed by atoms with E-state index in [0.717, 1.165) is 19.4 Å². The zero-order valence-electron chi connectivity index (χ0n) is 7.13. The molecule has 14 heavy (non-hydrogen) atoms. The third-order valence-corrected chi connectivity index (χ3v) is 1.38. The van der Waals surface area contributed by atoms with E-state index < -0.39 is 18.2 Å². The minimum absolute atomic E-state index is 0.298. The number of esters is 1. The normalized spacial score (nSPS) is 13.7. The van der Waals surface area contributed by atoms with Crippen molar-refractivity contribution in [2.75, 3.05) is 0 Å². The third-order valence-electron chi connectivity index (χ3n) is 1.38. The highest BCUT2D eigenvalue weighted by molar-refractivity contribution is 5.66. The van der Waals surface area contributed by atoms with E-state index in [9.17, 15) is 18.0 Å². The molecule has 0 saturated carbocycles. The minimum Gasteiger partial charge on any atom is -0.446 e. The first kappa shape index (κ1) is 10.6. The first-order valence-electron chi connectivity index (χ1n) is 3.63. The van der Waals surface area contributed by atoms with E-state index in [4.69, 9.17) is 0 Å². The van der Waals surface area contributed by atoms with Gasteiger partial charge in [0.25, 0.3) is 0 Å². The van der Waals surface area contributed by atoms with Gasteiger partial charge in [-0.3, -0.25) is 4.79 Å². The van der Waals surface area contributed by atoms with Crippen LogP contribution >= 0.6 is 0 Å². The van der Waals surface area contributed by atoms with Gasteiger partial charge in [0.15, 0.2) is 0 Å². The number of aromatic nitrogens is 2. The van der Waals surface area contributed by atoms with Crippen LogP contribution in [0.4, 0.5) is 13.2 Å². The molecule has 78 valence electrons. The molecule has 4 nitrogen and oxygen atoms in total. The predicted octanol–water partition coefficient (Wildman–Crippen LogP) is 1.58. The second kappa shape index (κ2) is 3.69. The number of nitrogens with zero attached hydrogens (tertiary/aromatic N) is 1. The summed E-state index contributed by atoms with van der Waals surface area (Å²) in [4.78, 5) is 16.1. The lowest BCUT2D eigenvalue weighted by atomic mass is 10.2. The Hall–Kier alpha value is -1.53. The van der Waals surface area contributed by atoms with E-state index in [1.165, 1.54) is 0 Å². The van der Waals surface area contributed by atoms with Crippen molar-refractivity contribution in [1.82, 2.24) is 9.97 Å². The molecule has 0 aromatic carbocycles. The summed E-state index contributed by atoms with van der Waals surface area (Å²) in [5.74, 6) is -0.998. The minimum atomic E-state index is -4.64. The van der Waals surface area contributed by atoms with Crippen molar-refractivity contribution in [3.8, 4) is 0 Å². The van der Waals surface area contributed by atoms with E-state index in [0.29, 0.717) is 0 Å². The molecule has 0 saturated heterocycles. The zero-order chi connectivity index (χ0) is 10.8. The predicted molar refractivity (Wildman–Crippen MR) is 39.1 cm³/mol. The second-order valence-electron chi connectivity index (χ2n) is 2.54. The van der Waals surface area contributed by atoms with Crippen LogP contribution in [-0.2, 0) is 9.53 Å². The van der Waals surface area contributed by atoms with E-state index in [2.05, 4.69) is 14.7 Å². The van der Waals surface area contributed by atoms with Crippen molar-refractivity contribution < 1.29 is 22.7 Å². The van der Waals surface area contributed by atoms with Gasteiger partial charge in [-0.05, 0) is 0 Å². The largest absolute Gasteiger partial charge is 0.446 e. The second-order valence-corrected chi connectivity index (χ2v) is 2.54. The molecule has 0 bridgehead atoms. The van der Waals surface area contributed by atoms with Crippen LogP contribution in [0.15, 0.2) is 12.5 Å². The summed E-state index contributed by atoms with van der Waals surface area (Å²) in [7, 11) is 0. The Labute approximate surface area is 77.1 Å². The fraction of sp³-hybridized carbons (Fsp3) is 0.429. The van der Waals surface area contributed by atoms with Crippen molar-refractivity contribution in [1.29, 1.82) is 0 Å². The van der Waals surface area contributed by atoms with E-state index >= 15 is 0 Å². The topological polar surface area (TPSA) is 55.0 Å². The molecule has 0 fully saturated rings. The average molecular weight is 208 g/mol. The number of rotatable bonds is 2. The fourth-order valence-corrected chi connectivity index (χ4v) is 0.883. The zero-order valence-corrected chi connectivity index (χ0v) is 7.13. The molecule has 1 rings (SSSR count). The number of hydrogen-bond acceptors (Lipinski definition) is 3. The summed E-state index contributed by atoms with van der Waals surface area (Å²) in [5, 5.41) is 0. The Morgan fingerprint density at radius 2 is 2.29 bits per heavy atom. The highest BCUT2D eigenvalue weighted by atomic mass is 19.4. The lowest BCUT2D eigenvalue weighted by Gasteiger charge is -2.18. The maximum Gasteiger partial charge on any atom is 0.431 e. The monoisotopic (exact) mass is 208 g/mol. The number of carbonyl (C=O) groups excluding carboxylic acids is 1. The number of hydrogen-bond donors (Lipinski definition) is 1. The van der Waals surface area contributed by atoms with Crippen LogP contribution in [0.25, 0.3) is 0 Å². The summed E-state index contributed by atoms with van der Waals surface area (Å²) in [5.41, 5.74) is -0.298. The first-order valence-corrected chi connectivity index (χ1v) is 3.63. The smallest absolute Gasteiger partial charge is 0.431 e. The summed E-state index contributed by atoms with van der Waals surface area (Å²) in [6, 6.07) is 0. The number of ether oxygens (including phenoxy) is 1. The average Bonchev–Trinajstić information content (AvgIpc) is 2.49. The van der Waals surface area contributed by atoms with Crippen LogP contribution in [0.2, 0.25) is 0 Å². The van der Waals surface area contributed by atoms with Gasteiger partial charge in [0.1, 0.15) is 0 Å². The van der Waals surface area contributed by atoms with Crippen LogP contribution in [0.1, 0.15) is 18.7 Å². The quantitative estimate of drug-likeness (QED) is 0.750. The summed E-state index contributed by atoms with van der Waals surface area (Å²) >= 11 is 0. The van der Waals surface area contributed by atoms with Crippen LogP contribution in [0.5, 0.6) is 0 Å². The third kappa shape index (κ3) is 2.48. The van der Waals surface area contributed by atoms with E-state index in [1.807, 2.05) is 0 Å². The van der Waals surface area contributed by atoms with Gasteiger partial charge in [0.05, 0.1) is 18.2 Å². The van der Waals surface area contributed by atoms with E-state index in [1.54, 1.807) is 0 Å². The molecule has 0 unspecified atom stereocenters. The lowest BCUT2D eigenvalue weighted by Crippen LogP contribution is -2.25.